The van der Waals surface area contributed by atoms with Crippen LogP contribution in [0.2, 0.25) is 0 Å². The van der Waals surface area contributed by atoms with Crippen LogP contribution in [0.3, 0.4) is 0 Å². The highest BCUT2D eigenvalue weighted by Crippen LogP contribution is 2.26. The minimum absolute atomic E-state index is 0.0299. The van der Waals surface area contributed by atoms with Crippen LogP contribution < -0.4 is 11.1 Å². The molecule has 5 heteroatoms. The molecule has 154 valence electrons. The molecule has 0 saturated carbocycles. The summed E-state index contributed by atoms with van der Waals surface area (Å²) in [6.45, 7) is 7.92. The van der Waals surface area contributed by atoms with E-state index in [9.17, 15) is 9.59 Å². The standard InChI is InChI=1S/C24H31N3O2/c1-24(2,3)19-11-9-18(10-12-19)23(29)26-14-13-22(28)27-15-20(21(25)16-27)17-7-5-4-6-8-17/h4-12,20-21H,13-16,25H2,1-3H3,(H,26,29)/t20-,21+/m0/s1. The molecule has 1 fully saturated rings. The number of hydrogen-bond donors (Lipinski definition) is 2. The number of amides is 2. The van der Waals surface area contributed by atoms with Gasteiger partial charge in [-0.15, -0.1) is 0 Å². The van der Waals surface area contributed by atoms with Crippen molar-refractivity contribution in [1.29, 1.82) is 0 Å². The lowest BCUT2D eigenvalue weighted by molar-refractivity contribution is -0.130. The van der Waals surface area contributed by atoms with E-state index in [1.165, 1.54) is 11.1 Å². The first-order chi connectivity index (χ1) is 13.8. The van der Waals surface area contributed by atoms with Crippen molar-refractivity contribution in [3.05, 3.63) is 71.3 Å². The average Bonchev–Trinajstić information content (AvgIpc) is 3.10. The second-order valence-corrected chi connectivity index (χ2v) is 8.81. The molecule has 1 heterocycles. The fourth-order valence-corrected chi connectivity index (χ4v) is 3.75. The Balaban J connectivity index is 1.48. The maximum atomic E-state index is 12.6. The number of nitrogens with one attached hydrogen (secondary N) is 1. The van der Waals surface area contributed by atoms with Crippen LogP contribution in [0, 0.1) is 0 Å². The smallest absolute Gasteiger partial charge is 0.251 e. The van der Waals surface area contributed by atoms with Crippen LogP contribution in [-0.4, -0.2) is 42.4 Å². The van der Waals surface area contributed by atoms with Gasteiger partial charge in [0.1, 0.15) is 0 Å². The number of carbonyl (C=O) groups is 2. The SMILES string of the molecule is CC(C)(C)c1ccc(C(=O)NCCC(=O)N2C[C@@H](N)[C@H](c3ccccc3)C2)cc1. The zero-order valence-electron chi connectivity index (χ0n) is 17.5. The Morgan fingerprint density at radius 3 is 2.31 bits per heavy atom. The molecule has 0 aliphatic carbocycles. The third-order valence-corrected chi connectivity index (χ3v) is 5.58. The topological polar surface area (TPSA) is 75.4 Å². The molecule has 0 aromatic heterocycles. The number of nitrogens with two attached hydrogens (primary N) is 1. The van der Waals surface area contributed by atoms with E-state index in [0.717, 1.165) is 0 Å². The van der Waals surface area contributed by atoms with Crippen molar-refractivity contribution in [3.8, 4) is 0 Å². The molecular formula is C24H31N3O2. The second kappa shape index (κ2) is 8.78. The number of carbonyl (C=O) groups excluding carboxylic acids is 2. The molecule has 2 amide bonds. The van der Waals surface area contributed by atoms with Gasteiger partial charge in [0, 0.05) is 43.6 Å². The summed E-state index contributed by atoms with van der Waals surface area (Å²) in [5.41, 5.74) is 9.28. The Morgan fingerprint density at radius 2 is 1.69 bits per heavy atom. The van der Waals surface area contributed by atoms with Crippen LogP contribution in [0.1, 0.15) is 54.6 Å². The summed E-state index contributed by atoms with van der Waals surface area (Å²) in [5.74, 6) is 0.0388. The summed E-state index contributed by atoms with van der Waals surface area (Å²) in [6, 6.07) is 17.7. The number of likely N-dealkylation sites (tertiary alicyclic amines) is 1. The van der Waals surface area contributed by atoms with Crippen molar-refractivity contribution in [2.45, 2.75) is 44.6 Å². The Labute approximate surface area is 173 Å². The molecule has 2 atom stereocenters. The van der Waals surface area contributed by atoms with Crippen molar-refractivity contribution in [1.82, 2.24) is 10.2 Å². The van der Waals surface area contributed by atoms with Crippen molar-refractivity contribution < 1.29 is 9.59 Å². The Morgan fingerprint density at radius 1 is 1.03 bits per heavy atom. The van der Waals surface area contributed by atoms with E-state index in [4.69, 9.17) is 5.73 Å². The third-order valence-electron chi connectivity index (χ3n) is 5.58. The highest BCUT2D eigenvalue weighted by molar-refractivity contribution is 5.94. The second-order valence-electron chi connectivity index (χ2n) is 8.81. The van der Waals surface area contributed by atoms with Crippen LogP contribution in [0.15, 0.2) is 54.6 Å². The van der Waals surface area contributed by atoms with E-state index in [1.54, 1.807) is 0 Å². The predicted molar refractivity (Wildman–Crippen MR) is 116 cm³/mol. The Hall–Kier alpha value is -2.66. The normalized spacial score (nSPS) is 19.2. The zero-order valence-corrected chi connectivity index (χ0v) is 17.5. The van der Waals surface area contributed by atoms with Crippen LogP contribution in [0.5, 0.6) is 0 Å². The molecule has 1 aliphatic heterocycles. The molecule has 3 N–H and O–H groups in total. The van der Waals surface area contributed by atoms with E-state index in [-0.39, 0.29) is 35.6 Å². The molecule has 29 heavy (non-hydrogen) atoms. The monoisotopic (exact) mass is 393 g/mol. The molecule has 0 spiro atoms. The van der Waals surface area contributed by atoms with E-state index in [1.807, 2.05) is 47.4 Å². The Bertz CT molecular complexity index is 841. The van der Waals surface area contributed by atoms with Gasteiger partial charge in [-0.05, 0) is 28.7 Å². The molecule has 0 unspecified atom stereocenters. The van der Waals surface area contributed by atoms with Gasteiger partial charge in [0.25, 0.3) is 5.91 Å². The highest BCUT2D eigenvalue weighted by atomic mass is 16.2. The van der Waals surface area contributed by atoms with Gasteiger partial charge in [0.2, 0.25) is 5.91 Å². The summed E-state index contributed by atoms with van der Waals surface area (Å²) in [6.07, 6.45) is 0.278. The maximum Gasteiger partial charge on any atom is 0.251 e. The zero-order chi connectivity index (χ0) is 21.0. The molecule has 0 bridgehead atoms. The van der Waals surface area contributed by atoms with Gasteiger partial charge < -0.3 is 16.0 Å². The maximum absolute atomic E-state index is 12.6. The first-order valence-corrected chi connectivity index (χ1v) is 10.2. The number of rotatable bonds is 5. The van der Waals surface area contributed by atoms with E-state index < -0.39 is 0 Å². The summed E-state index contributed by atoms with van der Waals surface area (Å²) < 4.78 is 0. The van der Waals surface area contributed by atoms with Crippen LogP contribution in [0.4, 0.5) is 0 Å². The summed E-state index contributed by atoms with van der Waals surface area (Å²) in [4.78, 5) is 26.7. The predicted octanol–water partition coefficient (Wildman–Crippen LogP) is 3.06. The third kappa shape index (κ3) is 5.24. The minimum atomic E-state index is -0.154. The minimum Gasteiger partial charge on any atom is -0.352 e. The number of hydrogen-bond acceptors (Lipinski definition) is 3. The first-order valence-electron chi connectivity index (χ1n) is 10.2. The molecule has 3 rings (SSSR count). The highest BCUT2D eigenvalue weighted by Gasteiger charge is 2.33. The number of nitrogens with zero attached hydrogens (tertiary/aromatic N) is 1. The number of benzene rings is 2. The van der Waals surface area contributed by atoms with Crippen molar-refractivity contribution in [2.24, 2.45) is 5.73 Å². The molecule has 1 aliphatic rings. The van der Waals surface area contributed by atoms with Gasteiger partial charge in [0.05, 0.1) is 0 Å². The summed E-state index contributed by atoms with van der Waals surface area (Å²) >= 11 is 0. The van der Waals surface area contributed by atoms with Crippen molar-refractivity contribution in [3.63, 3.8) is 0 Å². The van der Waals surface area contributed by atoms with Gasteiger partial charge in [-0.2, -0.15) is 0 Å². The van der Waals surface area contributed by atoms with E-state index >= 15 is 0 Å². The van der Waals surface area contributed by atoms with Crippen molar-refractivity contribution in [2.75, 3.05) is 19.6 Å². The largest absolute Gasteiger partial charge is 0.352 e. The fraction of sp³-hybridized carbons (Fsp3) is 0.417. The molecule has 2 aromatic rings. The van der Waals surface area contributed by atoms with Gasteiger partial charge >= 0.3 is 0 Å². The van der Waals surface area contributed by atoms with E-state index in [2.05, 4.69) is 38.2 Å². The molecular weight excluding hydrogens is 362 g/mol. The van der Waals surface area contributed by atoms with Crippen LogP contribution >= 0.6 is 0 Å². The lowest BCUT2D eigenvalue weighted by Gasteiger charge is -2.19. The lowest BCUT2D eigenvalue weighted by atomic mass is 9.87. The quantitative estimate of drug-likeness (QED) is 0.820. The average molecular weight is 394 g/mol. The fourth-order valence-electron chi connectivity index (χ4n) is 3.75. The van der Waals surface area contributed by atoms with Gasteiger partial charge in [-0.1, -0.05) is 63.2 Å². The van der Waals surface area contributed by atoms with Gasteiger partial charge in [-0.3, -0.25) is 9.59 Å². The first kappa shape index (κ1) is 21.1. The van der Waals surface area contributed by atoms with E-state index in [0.29, 0.717) is 25.2 Å². The van der Waals surface area contributed by atoms with Crippen molar-refractivity contribution >= 4 is 11.8 Å². The van der Waals surface area contributed by atoms with Gasteiger partial charge in [-0.25, -0.2) is 0 Å². The molecule has 0 radical (unpaired) electrons. The van der Waals surface area contributed by atoms with Gasteiger partial charge in [0.15, 0.2) is 0 Å². The summed E-state index contributed by atoms with van der Waals surface area (Å²) in [5, 5.41) is 2.85. The van der Waals surface area contributed by atoms with Crippen LogP contribution in [-0.2, 0) is 10.2 Å². The molecule has 2 aromatic carbocycles. The molecule has 1 saturated heterocycles. The lowest BCUT2D eigenvalue weighted by Crippen LogP contribution is -2.35. The Kier molecular flexibility index (Phi) is 6.38. The molecule has 5 nitrogen and oxygen atoms in total. The van der Waals surface area contributed by atoms with Crippen LogP contribution in [0.25, 0.3) is 0 Å². The summed E-state index contributed by atoms with van der Waals surface area (Å²) in [7, 11) is 0.